The zero-order valence-electron chi connectivity index (χ0n) is 11.5. The van der Waals surface area contributed by atoms with Crippen molar-refractivity contribution in [2.45, 2.75) is 13.8 Å². The van der Waals surface area contributed by atoms with Crippen molar-refractivity contribution in [2.24, 2.45) is 0 Å². The van der Waals surface area contributed by atoms with Gasteiger partial charge in [0.2, 0.25) is 5.91 Å². The van der Waals surface area contributed by atoms with E-state index in [4.69, 9.17) is 0 Å². The number of rotatable bonds is 4. The second-order valence-electron chi connectivity index (χ2n) is 4.41. The first kappa shape index (κ1) is 13.3. The Hall–Kier alpha value is -2.09. The molecule has 0 N–H and O–H groups in total. The highest BCUT2D eigenvalue weighted by Gasteiger charge is 2.05. The van der Waals surface area contributed by atoms with Crippen LogP contribution in [0.5, 0.6) is 0 Å². The second-order valence-corrected chi connectivity index (χ2v) is 4.41. The van der Waals surface area contributed by atoms with Gasteiger partial charge in [0.15, 0.2) is 0 Å². The summed E-state index contributed by atoms with van der Waals surface area (Å²) >= 11 is 0. The number of hydrogen-bond acceptors (Lipinski definition) is 1. The van der Waals surface area contributed by atoms with Gasteiger partial charge < -0.3 is 4.90 Å². The van der Waals surface area contributed by atoms with E-state index in [0.29, 0.717) is 0 Å². The third kappa shape index (κ3) is 3.02. The third-order valence-corrected chi connectivity index (χ3v) is 3.30. The lowest BCUT2D eigenvalue weighted by Crippen LogP contribution is -2.28. The average Bonchev–Trinajstić information content (AvgIpc) is 2.46. The van der Waals surface area contributed by atoms with E-state index < -0.39 is 0 Å². The number of nitrogens with zero attached hydrogens (tertiary/aromatic N) is 1. The Bertz CT molecular complexity index is 592. The van der Waals surface area contributed by atoms with E-state index in [-0.39, 0.29) is 5.91 Å². The fourth-order valence-electron chi connectivity index (χ4n) is 2.20. The van der Waals surface area contributed by atoms with Crippen molar-refractivity contribution in [1.29, 1.82) is 0 Å². The molecule has 0 aliphatic carbocycles. The Labute approximate surface area is 114 Å². The molecule has 0 saturated carbocycles. The number of benzene rings is 2. The highest BCUT2D eigenvalue weighted by atomic mass is 16.2. The van der Waals surface area contributed by atoms with Crippen LogP contribution in [0.15, 0.2) is 48.5 Å². The van der Waals surface area contributed by atoms with Crippen LogP contribution in [-0.4, -0.2) is 23.9 Å². The fraction of sp³-hybridized carbons (Fsp3) is 0.235. The smallest absolute Gasteiger partial charge is 0.246 e. The molecule has 0 aliphatic heterocycles. The molecular formula is C17H19NO. The zero-order chi connectivity index (χ0) is 13.7. The van der Waals surface area contributed by atoms with Crippen LogP contribution in [0, 0.1) is 0 Å². The SMILES string of the molecule is CCN(CC)C(=O)C=Cc1cccc2ccccc12. The van der Waals surface area contributed by atoms with Crippen LogP contribution >= 0.6 is 0 Å². The molecule has 19 heavy (non-hydrogen) atoms. The topological polar surface area (TPSA) is 20.3 Å². The number of carbonyl (C=O) groups is 1. The first-order chi connectivity index (χ1) is 9.26. The monoisotopic (exact) mass is 253 g/mol. The van der Waals surface area contributed by atoms with Crippen molar-refractivity contribution in [3.63, 3.8) is 0 Å². The van der Waals surface area contributed by atoms with Crippen LogP contribution < -0.4 is 0 Å². The maximum Gasteiger partial charge on any atom is 0.246 e. The highest BCUT2D eigenvalue weighted by molar-refractivity contribution is 5.96. The summed E-state index contributed by atoms with van der Waals surface area (Å²) in [5, 5.41) is 2.37. The minimum atomic E-state index is 0.0675. The molecule has 98 valence electrons. The standard InChI is InChI=1S/C17H19NO/c1-3-18(4-2)17(19)13-12-15-10-7-9-14-8-5-6-11-16(14)15/h5-13H,3-4H2,1-2H3. The Morgan fingerprint density at radius 1 is 1.05 bits per heavy atom. The summed E-state index contributed by atoms with van der Waals surface area (Å²) in [6.45, 7) is 5.48. The van der Waals surface area contributed by atoms with Crippen LogP contribution in [0.3, 0.4) is 0 Å². The molecule has 0 bridgehead atoms. The largest absolute Gasteiger partial charge is 0.340 e. The van der Waals surface area contributed by atoms with Crippen LogP contribution in [0.4, 0.5) is 0 Å². The summed E-state index contributed by atoms with van der Waals surface area (Å²) in [5.41, 5.74) is 1.08. The number of carbonyl (C=O) groups excluding carboxylic acids is 1. The summed E-state index contributed by atoms with van der Waals surface area (Å²) in [7, 11) is 0. The van der Waals surface area contributed by atoms with Crippen molar-refractivity contribution in [3.8, 4) is 0 Å². The van der Waals surface area contributed by atoms with Crippen molar-refractivity contribution in [3.05, 3.63) is 54.1 Å². The number of fused-ring (bicyclic) bond motifs is 1. The van der Waals surface area contributed by atoms with E-state index >= 15 is 0 Å². The molecule has 0 radical (unpaired) electrons. The highest BCUT2D eigenvalue weighted by Crippen LogP contribution is 2.19. The van der Waals surface area contributed by atoms with E-state index in [1.165, 1.54) is 10.8 Å². The minimum absolute atomic E-state index is 0.0675. The molecule has 0 spiro atoms. The molecule has 0 aromatic heterocycles. The van der Waals surface area contributed by atoms with Gasteiger partial charge in [0.1, 0.15) is 0 Å². The van der Waals surface area contributed by atoms with Crippen molar-refractivity contribution in [1.82, 2.24) is 4.90 Å². The molecule has 0 fully saturated rings. The van der Waals surface area contributed by atoms with Crippen LogP contribution in [0.1, 0.15) is 19.4 Å². The fourth-order valence-corrected chi connectivity index (χ4v) is 2.20. The molecule has 0 unspecified atom stereocenters. The summed E-state index contributed by atoms with van der Waals surface area (Å²) in [5.74, 6) is 0.0675. The van der Waals surface area contributed by atoms with E-state index in [9.17, 15) is 4.79 Å². The second kappa shape index (κ2) is 6.19. The number of likely N-dealkylation sites (N-methyl/N-ethyl adjacent to an activating group) is 1. The predicted octanol–water partition coefficient (Wildman–Crippen LogP) is 3.72. The van der Waals surface area contributed by atoms with Crippen molar-refractivity contribution >= 4 is 22.8 Å². The Morgan fingerprint density at radius 2 is 1.74 bits per heavy atom. The van der Waals surface area contributed by atoms with Gasteiger partial charge in [-0.05, 0) is 36.3 Å². The Morgan fingerprint density at radius 3 is 2.47 bits per heavy atom. The molecule has 2 heteroatoms. The van der Waals surface area contributed by atoms with Gasteiger partial charge in [0.25, 0.3) is 0 Å². The summed E-state index contributed by atoms with van der Waals surface area (Å²) in [6.07, 6.45) is 3.57. The molecule has 1 amide bonds. The molecule has 2 nitrogen and oxygen atoms in total. The van der Waals surface area contributed by atoms with E-state index in [1.807, 2.05) is 49.1 Å². The van der Waals surface area contributed by atoms with E-state index in [2.05, 4.69) is 18.2 Å². The molecule has 0 saturated heterocycles. The van der Waals surface area contributed by atoms with Crippen LogP contribution in [0.2, 0.25) is 0 Å². The zero-order valence-corrected chi connectivity index (χ0v) is 11.5. The Balaban J connectivity index is 2.28. The quantitative estimate of drug-likeness (QED) is 0.760. The third-order valence-electron chi connectivity index (χ3n) is 3.30. The van der Waals surface area contributed by atoms with Gasteiger partial charge in [-0.2, -0.15) is 0 Å². The number of amides is 1. The predicted molar refractivity (Wildman–Crippen MR) is 80.9 cm³/mol. The molecule has 0 heterocycles. The number of hydrogen-bond donors (Lipinski definition) is 0. The van der Waals surface area contributed by atoms with Crippen molar-refractivity contribution in [2.75, 3.05) is 13.1 Å². The summed E-state index contributed by atoms with van der Waals surface area (Å²) < 4.78 is 0. The first-order valence-electron chi connectivity index (χ1n) is 6.71. The van der Waals surface area contributed by atoms with Gasteiger partial charge in [0, 0.05) is 19.2 Å². The van der Waals surface area contributed by atoms with Crippen LogP contribution in [-0.2, 0) is 4.79 Å². The minimum Gasteiger partial charge on any atom is -0.340 e. The van der Waals surface area contributed by atoms with Gasteiger partial charge in [-0.1, -0.05) is 42.5 Å². The Kier molecular flexibility index (Phi) is 4.35. The maximum atomic E-state index is 12.0. The van der Waals surface area contributed by atoms with Gasteiger partial charge in [-0.3, -0.25) is 4.79 Å². The molecule has 2 aromatic rings. The van der Waals surface area contributed by atoms with Gasteiger partial charge in [-0.25, -0.2) is 0 Å². The first-order valence-corrected chi connectivity index (χ1v) is 6.71. The lowest BCUT2D eigenvalue weighted by atomic mass is 10.0. The normalized spacial score (nSPS) is 11.1. The molecule has 2 rings (SSSR count). The molecular weight excluding hydrogens is 234 g/mol. The summed E-state index contributed by atoms with van der Waals surface area (Å²) in [4.78, 5) is 13.8. The average molecular weight is 253 g/mol. The van der Waals surface area contributed by atoms with Crippen LogP contribution in [0.25, 0.3) is 16.8 Å². The molecule has 2 aromatic carbocycles. The molecule has 0 atom stereocenters. The maximum absolute atomic E-state index is 12.0. The molecule has 0 aliphatic rings. The van der Waals surface area contributed by atoms with Gasteiger partial charge in [-0.15, -0.1) is 0 Å². The summed E-state index contributed by atoms with van der Waals surface area (Å²) in [6, 6.07) is 14.3. The van der Waals surface area contributed by atoms with Gasteiger partial charge in [0.05, 0.1) is 0 Å². The van der Waals surface area contributed by atoms with Crippen molar-refractivity contribution < 1.29 is 4.79 Å². The lowest BCUT2D eigenvalue weighted by molar-refractivity contribution is -0.125. The lowest BCUT2D eigenvalue weighted by Gasteiger charge is -2.15. The van der Waals surface area contributed by atoms with Gasteiger partial charge >= 0.3 is 0 Å². The van der Waals surface area contributed by atoms with E-state index in [0.717, 1.165) is 18.7 Å². The van der Waals surface area contributed by atoms with E-state index in [1.54, 1.807) is 6.08 Å².